The fourth-order valence-electron chi connectivity index (χ4n) is 2.10. The van der Waals surface area contributed by atoms with E-state index in [-0.39, 0.29) is 17.9 Å². The molecule has 2 amide bonds. The normalized spacial score (nSPS) is 21.1. The lowest BCUT2D eigenvalue weighted by molar-refractivity contribution is -0.141. The molecule has 1 N–H and O–H groups in total. The highest BCUT2D eigenvalue weighted by molar-refractivity contribution is 6.05. The molecule has 1 unspecified atom stereocenters. The molecule has 0 aliphatic carbocycles. The fraction of sp³-hybridized carbons (Fsp3) is 0.833. The van der Waals surface area contributed by atoms with Crippen molar-refractivity contribution >= 4 is 11.8 Å². The van der Waals surface area contributed by atoms with E-state index in [4.69, 9.17) is 4.74 Å². The summed E-state index contributed by atoms with van der Waals surface area (Å²) in [6.45, 7) is 7.28. The Bertz CT molecular complexity index is 296. The first-order valence-electron chi connectivity index (χ1n) is 5.99. The van der Waals surface area contributed by atoms with Crippen LogP contribution in [0.1, 0.15) is 27.2 Å². The van der Waals surface area contributed by atoms with Crippen molar-refractivity contribution in [3.8, 4) is 0 Å². The number of carbonyl (C=O) groups excluding carboxylic acids is 2. The third-order valence-corrected chi connectivity index (χ3v) is 2.98. The summed E-state index contributed by atoms with van der Waals surface area (Å²) in [4.78, 5) is 25.2. The maximum atomic E-state index is 12.0. The monoisotopic (exact) mass is 242 g/mol. The average molecular weight is 242 g/mol. The lowest BCUT2D eigenvalue weighted by atomic mass is 9.92. The largest absolute Gasteiger partial charge is 0.383 e. The summed E-state index contributed by atoms with van der Waals surface area (Å²) in [5, 5.41) is 3.21. The maximum absolute atomic E-state index is 12.0. The number of amides is 2. The molecule has 1 saturated heterocycles. The molecule has 1 fully saturated rings. The Labute approximate surface area is 102 Å². The predicted octanol–water partition coefficient (Wildman–Crippen LogP) is 0.396. The van der Waals surface area contributed by atoms with E-state index in [1.165, 1.54) is 4.90 Å². The summed E-state index contributed by atoms with van der Waals surface area (Å²) in [5.41, 5.74) is -0.555. The Balaban J connectivity index is 2.66. The van der Waals surface area contributed by atoms with Crippen molar-refractivity contribution in [2.24, 2.45) is 5.41 Å². The SMILES string of the molecule is CCNC(COC)CN1C(=O)CC(C)(C)C1=O. The second kappa shape index (κ2) is 5.60. The van der Waals surface area contributed by atoms with Gasteiger partial charge < -0.3 is 10.1 Å². The minimum Gasteiger partial charge on any atom is -0.383 e. The van der Waals surface area contributed by atoms with Gasteiger partial charge in [0.1, 0.15) is 0 Å². The number of likely N-dealkylation sites (N-methyl/N-ethyl adjacent to an activating group) is 1. The number of nitrogens with zero attached hydrogens (tertiary/aromatic N) is 1. The van der Waals surface area contributed by atoms with Gasteiger partial charge in [0.05, 0.1) is 12.0 Å². The summed E-state index contributed by atoms with van der Waals surface area (Å²) in [7, 11) is 1.61. The quantitative estimate of drug-likeness (QED) is 0.685. The number of methoxy groups -OCH3 is 1. The molecule has 0 aromatic carbocycles. The van der Waals surface area contributed by atoms with E-state index in [0.717, 1.165) is 6.54 Å². The Morgan fingerprint density at radius 2 is 2.12 bits per heavy atom. The second-order valence-electron chi connectivity index (χ2n) is 5.08. The fourth-order valence-corrected chi connectivity index (χ4v) is 2.10. The van der Waals surface area contributed by atoms with Gasteiger partial charge in [0, 0.05) is 26.1 Å². The van der Waals surface area contributed by atoms with Gasteiger partial charge >= 0.3 is 0 Å². The Morgan fingerprint density at radius 1 is 1.47 bits per heavy atom. The minimum absolute atomic E-state index is 0.00630. The number of nitrogens with one attached hydrogen (secondary N) is 1. The molecule has 0 radical (unpaired) electrons. The van der Waals surface area contributed by atoms with Crippen molar-refractivity contribution in [3.05, 3.63) is 0 Å². The maximum Gasteiger partial charge on any atom is 0.235 e. The highest BCUT2D eigenvalue weighted by Gasteiger charge is 2.45. The van der Waals surface area contributed by atoms with Crippen LogP contribution in [-0.2, 0) is 14.3 Å². The molecule has 0 spiro atoms. The van der Waals surface area contributed by atoms with Gasteiger partial charge in [-0.25, -0.2) is 0 Å². The van der Waals surface area contributed by atoms with E-state index in [2.05, 4.69) is 5.32 Å². The van der Waals surface area contributed by atoms with E-state index >= 15 is 0 Å². The van der Waals surface area contributed by atoms with Gasteiger partial charge in [0.15, 0.2) is 0 Å². The zero-order valence-corrected chi connectivity index (χ0v) is 11.1. The molecule has 0 aromatic heterocycles. The van der Waals surface area contributed by atoms with E-state index in [0.29, 0.717) is 19.6 Å². The summed E-state index contributed by atoms with van der Waals surface area (Å²) in [6.07, 6.45) is 0.303. The van der Waals surface area contributed by atoms with Crippen LogP contribution >= 0.6 is 0 Å². The Hall–Kier alpha value is -0.940. The standard InChI is InChI=1S/C12H22N2O3/c1-5-13-9(8-17-4)7-14-10(15)6-12(2,3)11(14)16/h9,13H,5-8H2,1-4H3. The summed E-state index contributed by atoms with van der Waals surface area (Å²) < 4.78 is 5.08. The van der Waals surface area contributed by atoms with Gasteiger partial charge in [-0.05, 0) is 6.54 Å². The smallest absolute Gasteiger partial charge is 0.235 e. The lowest BCUT2D eigenvalue weighted by Gasteiger charge is -2.24. The van der Waals surface area contributed by atoms with Crippen LogP contribution in [0.5, 0.6) is 0 Å². The van der Waals surface area contributed by atoms with Crippen LogP contribution in [0, 0.1) is 5.41 Å². The molecule has 1 atom stereocenters. The van der Waals surface area contributed by atoms with Crippen molar-refractivity contribution in [1.29, 1.82) is 0 Å². The number of hydrogen-bond donors (Lipinski definition) is 1. The van der Waals surface area contributed by atoms with Crippen molar-refractivity contribution in [1.82, 2.24) is 10.2 Å². The van der Waals surface area contributed by atoms with Gasteiger partial charge in [-0.1, -0.05) is 20.8 Å². The number of likely N-dealkylation sites (tertiary alicyclic amines) is 1. The van der Waals surface area contributed by atoms with Crippen LogP contribution in [0.3, 0.4) is 0 Å². The number of rotatable bonds is 6. The first-order chi connectivity index (χ1) is 7.92. The molecule has 0 saturated carbocycles. The van der Waals surface area contributed by atoms with Gasteiger partial charge in [0.2, 0.25) is 11.8 Å². The molecule has 1 aliphatic heterocycles. The van der Waals surface area contributed by atoms with E-state index in [1.54, 1.807) is 7.11 Å². The Morgan fingerprint density at radius 3 is 2.53 bits per heavy atom. The predicted molar refractivity (Wildman–Crippen MR) is 64.5 cm³/mol. The molecule has 98 valence electrons. The molecular formula is C12H22N2O3. The summed E-state index contributed by atoms with van der Waals surface area (Å²) >= 11 is 0. The third kappa shape index (κ3) is 3.26. The molecule has 0 bridgehead atoms. The average Bonchev–Trinajstić information content (AvgIpc) is 2.41. The topological polar surface area (TPSA) is 58.6 Å². The van der Waals surface area contributed by atoms with Gasteiger partial charge in [0.25, 0.3) is 0 Å². The number of carbonyl (C=O) groups is 2. The molecule has 1 heterocycles. The van der Waals surface area contributed by atoms with E-state index in [1.807, 2.05) is 20.8 Å². The molecular weight excluding hydrogens is 220 g/mol. The van der Waals surface area contributed by atoms with Crippen LogP contribution in [0.2, 0.25) is 0 Å². The number of imide groups is 1. The highest BCUT2D eigenvalue weighted by atomic mass is 16.5. The molecule has 1 rings (SSSR count). The molecule has 1 aliphatic rings. The number of ether oxygens (including phenoxy) is 1. The molecule has 5 heteroatoms. The van der Waals surface area contributed by atoms with Crippen LogP contribution in [0.15, 0.2) is 0 Å². The van der Waals surface area contributed by atoms with Gasteiger partial charge in [-0.15, -0.1) is 0 Å². The molecule has 17 heavy (non-hydrogen) atoms. The number of hydrogen-bond acceptors (Lipinski definition) is 4. The minimum atomic E-state index is -0.555. The summed E-state index contributed by atoms with van der Waals surface area (Å²) in [6, 6.07) is 0.00630. The zero-order chi connectivity index (χ0) is 13.1. The van der Waals surface area contributed by atoms with Crippen LogP contribution in [0.25, 0.3) is 0 Å². The van der Waals surface area contributed by atoms with Crippen molar-refractivity contribution < 1.29 is 14.3 Å². The summed E-state index contributed by atoms with van der Waals surface area (Å²) in [5.74, 6) is -0.166. The lowest BCUT2D eigenvalue weighted by Crippen LogP contribution is -2.46. The van der Waals surface area contributed by atoms with Crippen molar-refractivity contribution in [2.75, 3.05) is 26.8 Å². The van der Waals surface area contributed by atoms with E-state index < -0.39 is 5.41 Å². The zero-order valence-electron chi connectivity index (χ0n) is 11.1. The van der Waals surface area contributed by atoms with Crippen molar-refractivity contribution in [2.45, 2.75) is 33.2 Å². The van der Waals surface area contributed by atoms with E-state index in [9.17, 15) is 9.59 Å². The Kier molecular flexibility index (Phi) is 4.65. The van der Waals surface area contributed by atoms with Crippen LogP contribution < -0.4 is 5.32 Å². The third-order valence-electron chi connectivity index (χ3n) is 2.98. The molecule has 0 aromatic rings. The van der Waals surface area contributed by atoms with Gasteiger partial charge in [-0.2, -0.15) is 0 Å². The highest BCUT2D eigenvalue weighted by Crippen LogP contribution is 2.31. The first kappa shape index (κ1) is 14.1. The second-order valence-corrected chi connectivity index (χ2v) is 5.08. The van der Waals surface area contributed by atoms with Crippen LogP contribution in [-0.4, -0.2) is 49.6 Å². The van der Waals surface area contributed by atoms with Crippen molar-refractivity contribution in [3.63, 3.8) is 0 Å². The van der Waals surface area contributed by atoms with Crippen LogP contribution in [0.4, 0.5) is 0 Å². The molecule has 5 nitrogen and oxygen atoms in total. The first-order valence-corrected chi connectivity index (χ1v) is 5.99. The van der Waals surface area contributed by atoms with Gasteiger partial charge in [-0.3, -0.25) is 14.5 Å².